The lowest BCUT2D eigenvalue weighted by atomic mass is 9.89. The van der Waals surface area contributed by atoms with E-state index in [1.165, 1.54) is 6.92 Å². The first-order chi connectivity index (χ1) is 13.1. The lowest BCUT2D eigenvalue weighted by molar-refractivity contribution is -0.142. The predicted octanol–water partition coefficient (Wildman–Crippen LogP) is 2.38. The summed E-state index contributed by atoms with van der Waals surface area (Å²) < 4.78 is 5.16. The number of hydrogen-bond acceptors (Lipinski definition) is 7. The van der Waals surface area contributed by atoms with Crippen LogP contribution < -0.4 is 5.32 Å². The van der Waals surface area contributed by atoms with Gasteiger partial charge in [0.1, 0.15) is 11.9 Å². The third-order valence-corrected chi connectivity index (χ3v) is 5.80. The molecule has 1 aromatic carbocycles. The van der Waals surface area contributed by atoms with Crippen LogP contribution in [0.3, 0.4) is 0 Å². The normalized spacial score (nSPS) is 18.0. The molecule has 1 atom stereocenters. The number of amidine groups is 1. The van der Waals surface area contributed by atoms with Gasteiger partial charge in [-0.3, -0.25) is 14.4 Å². The van der Waals surface area contributed by atoms with Crippen LogP contribution in [0, 0.1) is 27.7 Å². The summed E-state index contributed by atoms with van der Waals surface area (Å²) in [5.74, 6) is -1.74. The Kier molecular flexibility index (Phi) is 6.95. The van der Waals surface area contributed by atoms with Gasteiger partial charge in [-0.25, -0.2) is 0 Å². The molecule has 1 aliphatic rings. The summed E-state index contributed by atoms with van der Waals surface area (Å²) in [6.45, 7) is 9.46. The van der Waals surface area contributed by atoms with E-state index in [2.05, 4.69) is 15.5 Å². The number of benzene rings is 1. The second-order valence-electron chi connectivity index (χ2n) is 6.52. The Morgan fingerprint density at radius 1 is 1.18 bits per heavy atom. The van der Waals surface area contributed by atoms with Gasteiger partial charge in [-0.15, -0.1) is 5.10 Å². The van der Waals surface area contributed by atoms with Crippen LogP contribution in [-0.2, 0) is 25.7 Å². The third kappa shape index (κ3) is 4.98. The summed E-state index contributed by atoms with van der Waals surface area (Å²) >= 11 is 1.05. The maximum atomic E-state index is 11.7. The van der Waals surface area contributed by atoms with Gasteiger partial charge >= 0.3 is 11.9 Å². The van der Waals surface area contributed by atoms with Crippen molar-refractivity contribution in [2.45, 2.75) is 52.9 Å². The van der Waals surface area contributed by atoms with Crippen LogP contribution in [0.25, 0.3) is 0 Å². The SMILES string of the molecule is CC(=O)OCc1c(C)c(C)c(C=NN=C2NC(=O)C(CC(=O)O)S2)c(C)c1C. The second-order valence-corrected chi connectivity index (χ2v) is 7.71. The van der Waals surface area contributed by atoms with E-state index in [0.29, 0.717) is 0 Å². The molecule has 1 saturated heterocycles. The van der Waals surface area contributed by atoms with E-state index >= 15 is 0 Å². The van der Waals surface area contributed by atoms with Crippen molar-refractivity contribution in [3.63, 3.8) is 0 Å². The summed E-state index contributed by atoms with van der Waals surface area (Å²) in [7, 11) is 0. The molecule has 2 N–H and O–H groups in total. The van der Waals surface area contributed by atoms with Crippen LogP contribution in [0.15, 0.2) is 10.2 Å². The largest absolute Gasteiger partial charge is 0.481 e. The summed E-state index contributed by atoms with van der Waals surface area (Å²) in [6.07, 6.45) is 1.35. The van der Waals surface area contributed by atoms with Crippen molar-refractivity contribution >= 4 is 41.0 Å². The molecule has 1 heterocycles. The number of carboxylic acid groups (broad SMARTS) is 1. The Morgan fingerprint density at radius 3 is 2.32 bits per heavy atom. The van der Waals surface area contributed by atoms with Gasteiger partial charge in [-0.1, -0.05) is 11.8 Å². The average molecular weight is 405 g/mol. The fourth-order valence-corrected chi connectivity index (χ4v) is 3.80. The van der Waals surface area contributed by atoms with Crippen molar-refractivity contribution < 1.29 is 24.2 Å². The number of carboxylic acids is 1. The topological polar surface area (TPSA) is 117 Å². The fourth-order valence-electron chi connectivity index (χ4n) is 2.89. The summed E-state index contributed by atoms with van der Waals surface area (Å²) in [5, 5.41) is 19.0. The Balaban J connectivity index is 2.23. The summed E-state index contributed by atoms with van der Waals surface area (Å²) in [4.78, 5) is 33.6. The first-order valence-corrected chi connectivity index (χ1v) is 9.52. The molecule has 2 rings (SSSR count). The highest BCUT2D eigenvalue weighted by atomic mass is 32.2. The monoisotopic (exact) mass is 405 g/mol. The molecule has 0 bridgehead atoms. The number of amides is 1. The summed E-state index contributed by atoms with van der Waals surface area (Å²) in [5.41, 5.74) is 5.92. The van der Waals surface area contributed by atoms with E-state index in [9.17, 15) is 14.4 Å². The van der Waals surface area contributed by atoms with Gasteiger partial charge in [-0.05, 0) is 55.5 Å². The molecule has 0 spiro atoms. The molecule has 0 aliphatic carbocycles. The zero-order valence-electron chi connectivity index (χ0n) is 16.5. The Bertz CT molecular complexity index is 863. The van der Waals surface area contributed by atoms with Crippen molar-refractivity contribution in [3.8, 4) is 0 Å². The van der Waals surface area contributed by atoms with Crippen molar-refractivity contribution in [1.82, 2.24) is 5.32 Å². The van der Waals surface area contributed by atoms with Crippen LogP contribution >= 0.6 is 11.8 Å². The molecule has 8 nitrogen and oxygen atoms in total. The number of nitrogens with one attached hydrogen (secondary N) is 1. The number of ether oxygens (including phenoxy) is 1. The minimum absolute atomic E-state index is 0.224. The van der Waals surface area contributed by atoms with Crippen molar-refractivity contribution in [3.05, 3.63) is 33.4 Å². The highest BCUT2D eigenvalue weighted by Crippen LogP contribution is 2.27. The third-order valence-electron chi connectivity index (χ3n) is 4.73. The number of nitrogens with zero attached hydrogens (tertiary/aromatic N) is 2. The van der Waals surface area contributed by atoms with Crippen LogP contribution in [0.5, 0.6) is 0 Å². The molecule has 0 saturated carbocycles. The van der Waals surface area contributed by atoms with Crippen LogP contribution in [0.2, 0.25) is 0 Å². The Labute approximate surface area is 167 Å². The van der Waals surface area contributed by atoms with E-state index in [4.69, 9.17) is 9.84 Å². The minimum atomic E-state index is -1.04. The van der Waals surface area contributed by atoms with E-state index < -0.39 is 11.2 Å². The van der Waals surface area contributed by atoms with Gasteiger partial charge in [0.25, 0.3) is 0 Å². The Morgan fingerprint density at radius 2 is 1.79 bits per heavy atom. The quantitative estimate of drug-likeness (QED) is 0.426. The average Bonchev–Trinajstić information content (AvgIpc) is 2.94. The number of rotatable bonds is 6. The highest BCUT2D eigenvalue weighted by molar-refractivity contribution is 8.15. The molecule has 1 unspecified atom stereocenters. The molecule has 150 valence electrons. The van der Waals surface area contributed by atoms with Crippen LogP contribution in [-0.4, -0.2) is 39.6 Å². The van der Waals surface area contributed by atoms with Gasteiger partial charge in [-0.2, -0.15) is 5.10 Å². The van der Waals surface area contributed by atoms with Crippen molar-refractivity contribution in [1.29, 1.82) is 0 Å². The Hall–Kier alpha value is -2.68. The molecular weight excluding hydrogens is 382 g/mol. The second kappa shape index (κ2) is 9.01. The fraction of sp³-hybridized carbons (Fsp3) is 0.421. The lowest BCUT2D eigenvalue weighted by Gasteiger charge is -2.18. The molecule has 0 aromatic heterocycles. The van der Waals surface area contributed by atoms with Crippen molar-refractivity contribution in [2.24, 2.45) is 10.2 Å². The molecule has 0 radical (unpaired) electrons. The molecule has 1 aromatic rings. The van der Waals surface area contributed by atoms with Gasteiger partial charge in [0, 0.05) is 12.5 Å². The zero-order valence-corrected chi connectivity index (χ0v) is 17.3. The molecule has 1 fully saturated rings. The standard InChI is InChI=1S/C19H23N3O5S/c1-9-11(3)15(8-27-13(5)23)12(4)10(2)14(9)7-20-22-19-21-18(26)16(28-19)6-17(24)25/h7,16H,6,8H2,1-5H3,(H,24,25)(H,21,22,26). The van der Waals surface area contributed by atoms with Crippen LogP contribution in [0.1, 0.15) is 46.7 Å². The van der Waals surface area contributed by atoms with Crippen molar-refractivity contribution in [2.75, 3.05) is 0 Å². The number of thioether (sulfide) groups is 1. The number of hydrogen-bond donors (Lipinski definition) is 2. The van der Waals surface area contributed by atoms with Gasteiger partial charge < -0.3 is 15.2 Å². The maximum Gasteiger partial charge on any atom is 0.305 e. The summed E-state index contributed by atoms with van der Waals surface area (Å²) in [6, 6.07) is 0. The molecular formula is C19H23N3O5S. The van der Waals surface area contributed by atoms with Gasteiger partial charge in [0.15, 0.2) is 5.17 Å². The first kappa shape index (κ1) is 21.6. The number of carbonyl (C=O) groups is 3. The van der Waals surface area contributed by atoms with Gasteiger partial charge in [0.05, 0.1) is 12.6 Å². The molecule has 9 heteroatoms. The highest BCUT2D eigenvalue weighted by Gasteiger charge is 2.32. The maximum absolute atomic E-state index is 11.7. The van der Waals surface area contributed by atoms with E-state index in [-0.39, 0.29) is 30.1 Å². The van der Waals surface area contributed by atoms with Gasteiger partial charge in [0.2, 0.25) is 5.91 Å². The van der Waals surface area contributed by atoms with E-state index in [0.717, 1.165) is 45.1 Å². The van der Waals surface area contributed by atoms with Crippen LogP contribution in [0.4, 0.5) is 0 Å². The molecule has 1 amide bonds. The molecule has 1 aliphatic heterocycles. The van der Waals surface area contributed by atoms with E-state index in [1.54, 1.807) is 6.21 Å². The zero-order chi connectivity index (χ0) is 21.0. The number of carbonyl (C=O) groups excluding carboxylic acids is 2. The molecule has 28 heavy (non-hydrogen) atoms. The predicted molar refractivity (Wildman–Crippen MR) is 108 cm³/mol. The minimum Gasteiger partial charge on any atom is -0.481 e. The van der Waals surface area contributed by atoms with E-state index in [1.807, 2.05) is 27.7 Å². The number of esters is 1. The smallest absolute Gasteiger partial charge is 0.305 e. The number of aliphatic carboxylic acids is 1. The first-order valence-electron chi connectivity index (χ1n) is 8.64. The lowest BCUT2D eigenvalue weighted by Crippen LogP contribution is -2.26.